The topological polar surface area (TPSA) is 66.9 Å². The monoisotopic (exact) mass is 332 g/mol. The van der Waals surface area contributed by atoms with Crippen molar-refractivity contribution in [3.05, 3.63) is 83.0 Å². The molecule has 3 aromatic rings. The number of nitrogens with zero attached hydrogens (tertiary/aromatic N) is 2. The van der Waals surface area contributed by atoms with Gasteiger partial charge in [0.05, 0.1) is 0 Å². The van der Waals surface area contributed by atoms with Crippen LogP contribution in [0, 0.1) is 13.8 Å². The Labute approximate surface area is 147 Å². The molecule has 126 valence electrons. The molecule has 0 unspecified atom stereocenters. The zero-order chi connectivity index (χ0) is 17.6. The van der Waals surface area contributed by atoms with Gasteiger partial charge >= 0.3 is 0 Å². The minimum atomic E-state index is -0.241. The summed E-state index contributed by atoms with van der Waals surface area (Å²) in [5.74, 6) is 0.357. The molecule has 25 heavy (non-hydrogen) atoms. The number of hydrogen-bond donors (Lipinski definition) is 2. The predicted octanol–water partition coefficient (Wildman–Crippen LogP) is 3.77. The van der Waals surface area contributed by atoms with E-state index in [-0.39, 0.29) is 5.91 Å². The number of rotatable bonds is 5. The third-order valence-corrected chi connectivity index (χ3v) is 3.76. The third kappa shape index (κ3) is 4.64. The summed E-state index contributed by atoms with van der Waals surface area (Å²) in [6.07, 6.45) is 0. The molecule has 5 nitrogen and oxygen atoms in total. The van der Waals surface area contributed by atoms with Gasteiger partial charge in [0.25, 0.3) is 5.91 Å². The number of anilines is 2. The lowest BCUT2D eigenvalue weighted by Gasteiger charge is -2.07. The van der Waals surface area contributed by atoms with E-state index in [1.54, 1.807) is 12.1 Å². The van der Waals surface area contributed by atoms with Gasteiger partial charge in [-0.2, -0.15) is 0 Å². The average molecular weight is 332 g/mol. The van der Waals surface area contributed by atoms with E-state index in [0.717, 1.165) is 16.8 Å². The highest BCUT2D eigenvalue weighted by atomic mass is 16.1. The van der Waals surface area contributed by atoms with Gasteiger partial charge in [-0.05, 0) is 49.2 Å². The molecule has 0 atom stereocenters. The average Bonchev–Trinajstić information content (AvgIpc) is 2.62. The van der Waals surface area contributed by atoms with Gasteiger partial charge < -0.3 is 10.6 Å². The van der Waals surface area contributed by atoms with Gasteiger partial charge in [0.1, 0.15) is 0 Å². The highest BCUT2D eigenvalue weighted by Gasteiger charge is 2.08. The fraction of sp³-hybridized carbons (Fsp3) is 0.150. The molecule has 1 aromatic heterocycles. The highest BCUT2D eigenvalue weighted by molar-refractivity contribution is 5.92. The Balaban J connectivity index is 1.59. The van der Waals surface area contributed by atoms with E-state index in [9.17, 15) is 4.79 Å². The number of carbonyl (C=O) groups excluding carboxylic acids is 1. The number of hydrogen-bond acceptors (Lipinski definition) is 4. The van der Waals surface area contributed by atoms with Gasteiger partial charge in [0.2, 0.25) is 0 Å². The molecule has 0 radical (unpaired) electrons. The molecule has 0 fully saturated rings. The smallest absolute Gasteiger partial charge is 0.272 e. The second-order valence-corrected chi connectivity index (χ2v) is 5.97. The van der Waals surface area contributed by atoms with Crippen molar-refractivity contribution in [2.45, 2.75) is 20.4 Å². The van der Waals surface area contributed by atoms with Crippen molar-refractivity contribution in [1.29, 1.82) is 0 Å². The third-order valence-electron chi connectivity index (χ3n) is 3.76. The maximum atomic E-state index is 12.2. The van der Waals surface area contributed by atoms with Crippen LogP contribution in [-0.4, -0.2) is 16.1 Å². The van der Waals surface area contributed by atoms with Crippen molar-refractivity contribution >= 4 is 17.4 Å². The van der Waals surface area contributed by atoms with Crippen LogP contribution < -0.4 is 10.6 Å². The van der Waals surface area contributed by atoms with Crippen LogP contribution in [0.1, 0.15) is 27.2 Å². The minimum Gasteiger partial charge on any atom is -0.347 e. The first kappa shape index (κ1) is 16.6. The zero-order valence-electron chi connectivity index (χ0n) is 14.3. The van der Waals surface area contributed by atoms with Gasteiger partial charge in [-0.25, -0.2) is 0 Å². The molecule has 1 heterocycles. The van der Waals surface area contributed by atoms with Crippen molar-refractivity contribution in [1.82, 2.24) is 15.5 Å². The molecule has 0 aliphatic rings. The summed E-state index contributed by atoms with van der Waals surface area (Å²) in [6, 6.07) is 19.4. The predicted molar refractivity (Wildman–Crippen MR) is 98.8 cm³/mol. The summed E-state index contributed by atoms with van der Waals surface area (Å²) in [7, 11) is 0. The Morgan fingerprint density at radius 1 is 0.920 bits per heavy atom. The van der Waals surface area contributed by atoms with E-state index >= 15 is 0 Å². The van der Waals surface area contributed by atoms with E-state index in [4.69, 9.17) is 0 Å². The second-order valence-electron chi connectivity index (χ2n) is 5.97. The van der Waals surface area contributed by atoms with Crippen LogP contribution in [0.4, 0.5) is 11.5 Å². The SMILES string of the molecule is Cc1ccc(CNC(=O)c2ccc(Nc3cccc(C)c3)nn2)cc1. The molecule has 3 rings (SSSR count). The molecule has 0 saturated heterocycles. The van der Waals surface area contributed by atoms with Gasteiger partial charge in [-0.3, -0.25) is 4.79 Å². The summed E-state index contributed by atoms with van der Waals surface area (Å²) in [4.78, 5) is 12.2. The first-order valence-electron chi connectivity index (χ1n) is 8.11. The Kier molecular flexibility index (Phi) is 5.04. The van der Waals surface area contributed by atoms with E-state index in [2.05, 4.69) is 20.8 Å². The Morgan fingerprint density at radius 3 is 2.40 bits per heavy atom. The lowest BCUT2D eigenvalue weighted by atomic mass is 10.1. The Bertz CT molecular complexity index is 858. The fourth-order valence-electron chi connectivity index (χ4n) is 2.37. The maximum absolute atomic E-state index is 12.2. The van der Waals surface area contributed by atoms with Crippen molar-refractivity contribution in [3.8, 4) is 0 Å². The molecule has 2 aromatic carbocycles. The van der Waals surface area contributed by atoms with E-state index in [1.165, 1.54) is 5.56 Å². The quantitative estimate of drug-likeness (QED) is 0.746. The zero-order valence-corrected chi connectivity index (χ0v) is 14.3. The van der Waals surface area contributed by atoms with E-state index in [0.29, 0.717) is 18.1 Å². The Hall–Kier alpha value is -3.21. The van der Waals surface area contributed by atoms with Crippen molar-refractivity contribution < 1.29 is 4.79 Å². The first-order chi connectivity index (χ1) is 12.1. The van der Waals surface area contributed by atoms with Gasteiger partial charge in [-0.15, -0.1) is 10.2 Å². The summed E-state index contributed by atoms with van der Waals surface area (Å²) >= 11 is 0. The van der Waals surface area contributed by atoms with Crippen LogP contribution in [0.3, 0.4) is 0 Å². The molecule has 0 aliphatic carbocycles. The molecule has 0 aliphatic heterocycles. The molecule has 1 amide bonds. The largest absolute Gasteiger partial charge is 0.347 e. The molecular weight excluding hydrogens is 312 g/mol. The van der Waals surface area contributed by atoms with Gasteiger partial charge in [0, 0.05) is 12.2 Å². The van der Waals surface area contributed by atoms with Crippen LogP contribution in [-0.2, 0) is 6.54 Å². The molecule has 5 heteroatoms. The highest BCUT2D eigenvalue weighted by Crippen LogP contribution is 2.15. The summed E-state index contributed by atoms with van der Waals surface area (Å²) in [5.41, 5.74) is 4.63. The normalized spacial score (nSPS) is 10.3. The minimum absolute atomic E-state index is 0.241. The van der Waals surface area contributed by atoms with Crippen LogP contribution >= 0.6 is 0 Å². The lowest BCUT2D eigenvalue weighted by molar-refractivity contribution is 0.0945. The Morgan fingerprint density at radius 2 is 1.72 bits per heavy atom. The van der Waals surface area contributed by atoms with Crippen molar-refractivity contribution in [2.75, 3.05) is 5.32 Å². The summed E-state index contributed by atoms with van der Waals surface area (Å²) in [6.45, 7) is 4.52. The number of benzene rings is 2. The van der Waals surface area contributed by atoms with Gasteiger partial charge in [0.15, 0.2) is 11.5 Å². The number of nitrogens with one attached hydrogen (secondary N) is 2. The van der Waals surface area contributed by atoms with E-state index in [1.807, 2.05) is 62.4 Å². The fourth-order valence-corrected chi connectivity index (χ4v) is 2.37. The maximum Gasteiger partial charge on any atom is 0.272 e. The number of carbonyl (C=O) groups is 1. The van der Waals surface area contributed by atoms with Crippen LogP contribution in [0.5, 0.6) is 0 Å². The molecule has 2 N–H and O–H groups in total. The summed E-state index contributed by atoms with van der Waals surface area (Å²) in [5, 5.41) is 14.1. The molecule has 0 saturated carbocycles. The standard InChI is InChI=1S/C20H20N4O/c1-14-6-8-16(9-7-14)13-21-20(25)18-10-11-19(24-23-18)22-17-5-3-4-15(2)12-17/h3-12H,13H2,1-2H3,(H,21,25)(H,22,24). The lowest BCUT2D eigenvalue weighted by Crippen LogP contribution is -2.24. The molecule has 0 spiro atoms. The number of aryl methyl sites for hydroxylation is 2. The first-order valence-corrected chi connectivity index (χ1v) is 8.11. The summed E-state index contributed by atoms with van der Waals surface area (Å²) < 4.78 is 0. The van der Waals surface area contributed by atoms with E-state index < -0.39 is 0 Å². The van der Waals surface area contributed by atoms with Gasteiger partial charge in [-0.1, -0.05) is 42.0 Å². The molecular formula is C20H20N4O. The van der Waals surface area contributed by atoms with Crippen molar-refractivity contribution in [3.63, 3.8) is 0 Å². The number of amides is 1. The van der Waals surface area contributed by atoms with Crippen LogP contribution in [0.25, 0.3) is 0 Å². The van der Waals surface area contributed by atoms with Crippen LogP contribution in [0.15, 0.2) is 60.7 Å². The van der Waals surface area contributed by atoms with Crippen molar-refractivity contribution in [2.24, 2.45) is 0 Å². The molecule has 0 bridgehead atoms. The van der Waals surface area contributed by atoms with Crippen LogP contribution in [0.2, 0.25) is 0 Å². The second kappa shape index (κ2) is 7.57. The number of aromatic nitrogens is 2.